The van der Waals surface area contributed by atoms with Crippen molar-refractivity contribution >= 4 is 0 Å². The van der Waals surface area contributed by atoms with E-state index in [2.05, 4.69) is 10.1 Å². The number of benzene rings is 1. The summed E-state index contributed by atoms with van der Waals surface area (Å²) >= 11 is 0. The average Bonchev–Trinajstić information content (AvgIpc) is 2.73. The summed E-state index contributed by atoms with van der Waals surface area (Å²) in [4.78, 5) is 3.94. The number of hydrogen-bond acceptors (Lipinski definition) is 5. The Morgan fingerprint density at radius 1 is 1.47 bits per heavy atom. The lowest BCUT2D eigenvalue weighted by Gasteiger charge is -2.05. The summed E-state index contributed by atoms with van der Waals surface area (Å²) in [5.41, 5.74) is 6.11. The topological polar surface area (TPSA) is 74.2 Å². The van der Waals surface area contributed by atoms with Crippen LogP contribution in [0.25, 0.3) is 0 Å². The van der Waals surface area contributed by atoms with E-state index >= 15 is 0 Å². The lowest BCUT2D eigenvalue weighted by atomic mass is 10.2. The highest BCUT2D eigenvalue weighted by atomic mass is 19.1. The van der Waals surface area contributed by atoms with Gasteiger partial charge in [0.2, 0.25) is 11.7 Å². The summed E-state index contributed by atoms with van der Waals surface area (Å²) in [6.07, 6.45) is 0. The van der Waals surface area contributed by atoms with Crippen molar-refractivity contribution in [2.24, 2.45) is 5.73 Å². The molecular formula is C11H12FN3O2. The Labute approximate surface area is 97.4 Å². The molecule has 6 heteroatoms. The first-order chi connectivity index (χ1) is 8.19. The van der Waals surface area contributed by atoms with E-state index in [1.54, 1.807) is 13.0 Å². The molecular weight excluding hydrogens is 225 g/mol. The van der Waals surface area contributed by atoms with E-state index in [-0.39, 0.29) is 12.4 Å². The highest BCUT2D eigenvalue weighted by Gasteiger charge is 2.07. The van der Waals surface area contributed by atoms with Crippen molar-refractivity contribution in [2.45, 2.75) is 20.1 Å². The van der Waals surface area contributed by atoms with E-state index in [4.69, 9.17) is 15.0 Å². The van der Waals surface area contributed by atoms with Crippen LogP contribution in [0, 0.1) is 12.7 Å². The third kappa shape index (κ3) is 2.79. The molecule has 17 heavy (non-hydrogen) atoms. The van der Waals surface area contributed by atoms with Crippen molar-refractivity contribution in [3.63, 3.8) is 0 Å². The van der Waals surface area contributed by atoms with E-state index in [9.17, 15) is 4.39 Å². The molecule has 1 aromatic heterocycles. The fraction of sp³-hybridized carbons (Fsp3) is 0.273. The van der Waals surface area contributed by atoms with E-state index in [0.717, 1.165) is 0 Å². The minimum absolute atomic E-state index is 0.0657. The zero-order valence-corrected chi connectivity index (χ0v) is 9.31. The van der Waals surface area contributed by atoms with Crippen LogP contribution in [0.4, 0.5) is 4.39 Å². The molecule has 0 aliphatic heterocycles. The van der Waals surface area contributed by atoms with E-state index in [1.165, 1.54) is 12.1 Å². The summed E-state index contributed by atoms with van der Waals surface area (Å²) in [7, 11) is 0. The van der Waals surface area contributed by atoms with Gasteiger partial charge in [0.25, 0.3) is 0 Å². The Hall–Kier alpha value is -1.95. The van der Waals surface area contributed by atoms with Crippen LogP contribution in [0.15, 0.2) is 22.7 Å². The Morgan fingerprint density at radius 2 is 2.29 bits per heavy atom. The molecule has 0 unspecified atom stereocenters. The summed E-state index contributed by atoms with van der Waals surface area (Å²) < 4.78 is 23.5. The summed E-state index contributed by atoms with van der Waals surface area (Å²) in [6, 6.07) is 4.58. The van der Waals surface area contributed by atoms with Crippen molar-refractivity contribution in [1.82, 2.24) is 10.1 Å². The molecule has 0 radical (unpaired) electrons. The van der Waals surface area contributed by atoms with Crippen LogP contribution in [0.1, 0.15) is 17.3 Å². The van der Waals surface area contributed by atoms with E-state index in [0.29, 0.717) is 23.8 Å². The number of ether oxygens (including phenoxy) is 1. The molecule has 90 valence electrons. The van der Waals surface area contributed by atoms with Crippen LogP contribution in [0.5, 0.6) is 5.75 Å². The molecule has 0 saturated carbocycles. The number of halogens is 1. The molecule has 5 nitrogen and oxygen atoms in total. The number of hydrogen-bond donors (Lipinski definition) is 1. The Kier molecular flexibility index (Phi) is 3.34. The van der Waals surface area contributed by atoms with Gasteiger partial charge in [0.05, 0.1) is 0 Å². The van der Waals surface area contributed by atoms with Crippen LogP contribution >= 0.6 is 0 Å². The fourth-order valence-electron chi connectivity index (χ4n) is 1.33. The second-order valence-corrected chi connectivity index (χ2v) is 3.49. The lowest BCUT2D eigenvalue weighted by molar-refractivity contribution is 0.273. The highest BCUT2D eigenvalue weighted by Crippen LogP contribution is 2.19. The van der Waals surface area contributed by atoms with E-state index < -0.39 is 5.82 Å². The first kappa shape index (κ1) is 11.5. The van der Waals surface area contributed by atoms with Gasteiger partial charge in [0.15, 0.2) is 18.2 Å². The van der Waals surface area contributed by atoms with Crippen LogP contribution in [0.3, 0.4) is 0 Å². The Balaban J connectivity index is 2.04. The minimum Gasteiger partial charge on any atom is -0.482 e. The molecule has 0 amide bonds. The van der Waals surface area contributed by atoms with Gasteiger partial charge >= 0.3 is 0 Å². The predicted octanol–water partition coefficient (Wildman–Crippen LogP) is 1.55. The predicted molar refractivity (Wildman–Crippen MR) is 57.7 cm³/mol. The lowest BCUT2D eigenvalue weighted by Crippen LogP contribution is -2.01. The molecule has 0 fully saturated rings. The molecule has 2 rings (SSSR count). The van der Waals surface area contributed by atoms with Crippen LogP contribution in [-0.4, -0.2) is 10.1 Å². The molecule has 0 spiro atoms. The number of rotatable bonds is 4. The minimum atomic E-state index is -0.451. The van der Waals surface area contributed by atoms with Crippen molar-refractivity contribution in [3.8, 4) is 5.75 Å². The van der Waals surface area contributed by atoms with Gasteiger partial charge < -0.3 is 15.0 Å². The van der Waals surface area contributed by atoms with Gasteiger partial charge in [0, 0.05) is 13.5 Å². The van der Waals surface area contributed by atoms with Gasteiger partial charge in [-0.1, -0.05) is 11.2 Å². The number of aryl methyl sites for hydroxylation is 1. The average molecular weight is 237 g/mol. The van der Waals surface area contributed by atoms with Gasteiger partial charge in [-0.05, 0) is 17.7 Å². The number of nitrogens with two attached hydrogens (primary N) is 1. The SMILES string of the molecule is Cc1nc(COc2ccc(CN)cc2F)no1. The largest absolute Gasteiger partial charge is 0.482 e. The monoisotopic (exact) mass is 237 g/mol. The number of nitrogens with zero attached hydrogens (tertiary/aromatic N) is 2. The molecule has 1 heterocycles. The van der Waals surface area contributed by atoms with E-state index in [1.807, 2.05) is 0 Å². The summed E-state index contributed by atoms with van der Waals surface area (Å²) in [5.74, 6) is 0.519. The first-order valence-corrected chi connectivity index (χ1v) is 5.09. The third-order valence-electron chi connectivity index (χ3n) is 2.16. The molecule has 2 aromatic rings. The van der Waals surface area contributed by atoms with Crippen molar-refractivity contribution in [2.75, 3.05) is 0 Å². The molecule has 0 aliphatic carbocycles. The second-order valence-electron chi connectivity index (χ2n) is 3.49. The van der Waals surface area contributed by atoms with Gasteiger partial charge in [-0.25, -0.2) is 4.39 Å². The van der Waals surface area contributed by atoms with Gasteiger partial charge in [0.1, 0.15) is 0 Å². The summed E-state index contributed by atoms with van der Waals surface area (Å²) in [5, 5.41) is 3.64. The normalized spacial score (nSPS) is 10.5. The van der Waals surface area contributed by atoms with Crippen LogP contribution in [0.2, 0.25) is 0 Å². The molecule has 2 N–H and O–H groups in total. The zero-order chi connectivity index (χ0) is 12.3. The quantitative estimate of drug-likeness (QED) is 0.873. The van der Waals surface area contributed by atoms with Crippen molar-refractivity contribution in [1.29, 1.82) is 0 Å². The Morgan fingerprint density at radius 3 is 2.88 bits per heavy atom. The number of aromatic nitrogens is 2. The molecule has 0 atom stereocenters. The third-order valence-corrected chi connectivity index (χ3v) is 2.16. The highest BCUT2D eigenvalue weighted by molar-refractivity contribution is 5.29. The van der Waals surface area contributed by atoms with Crippen LogP contribution in [-0.2, 0) is 13.2 Å². The fourth-order valence-corrected chi connectivity index (χ4v) is 1.33. The molecule has 0 aliphatic rings. The van der Waals surface area contributed by atoms with Gasteiger partial charge in [-0.15, -0.1) is 0 Å². The summed E-state index contributed by atoms with van der Waals surface area (Å²) in [6.45, 7) is 2.03. The zero-order valence-electron chi connectivity index (χ0n) is 9.31. The second kappa shape index (κ2) is 4.92. The molecule has 0 saturated heterocycles. The Bertz CT molecular complexity index is 513. The maximum absolute atomic E-state index is 13.5. The first-order valence-electron chi connectivity index (χ1n) is 5.09. The van der Waals surface area contributed by atoms with Crippen molar-refractivity contribution in [3.05, 3.63) is 41.3 Å². The standard InChI is InChI=1S/C11H12FN3O2/c1-7-14-11(15-17-7)6-16-10-3-2-8(5-13)4-9(10)12/h2-4H,5-6,13H2,1H3. The molecule has 0 bridgehead atoms. The molecule has 1 aromatic carbocycles. The van der Waals surface area contributed by atoms with Gasteiger partial charge in [-0.2, -0.15) is 4.98 Å². The van der Waals surface area contributed by atoms with Gasteiger partial charge in [-0.3, -0.25) is 0 Å². The maximum Gasteiger partial charge on any atom is 0.223 e. The van der Waals surface area contributed by atoms with Crippen molar-refractivity contribution < 1.29 is 13.7 Å². The van der Waals surface area contributed by atoms with Crippen LogP contribution < -0.4 is 10.5 Å². The smallest absolute Gasteiger partial charge is 0.223 e. The maximum atomic E-state index is 13.5.